The van der Waals surface area contributed by atoms with Crippen LogP contribution in [0.2, 0.25) is 0 Å². The van der Waals surface area contributed by atoms with E-state index in [4.69, 9.17) is 14.8 Å². The molecule has 0 aromatic heterocycles. The summed E-state index contributed by atoms with van der Waals surface area (Å²) in [5, 5.41) is 0. The van der Waals surface area contributed by atoms with Crippen molar-refractivity contribution in [3.63, 3.8) is 0 Å². The molecule has 1 atom stereocenters. The summed E-state index contributed by atoms with van der Waals surface area (Å²) in [4.78, 5) is 14.6. The van der Waals surface area contributed by atoms with Crippen molar-refractivity contribution in [1.82, 2.24) is 0 Å². The van der Waals surface area contributed by atoms with E-state index in [1.807, 2.05) is 13.8 Å². The first kappa shape index (κ1) is 19.8. The zero-order chi connectivity index (χ0) is 14.4. The summed E-state index contributed by atoms with van der Waals surface area (Å²) in [6.45, 7) is 5.21. The predicted molar refractivity (Wildman–Crippen MR) is 64.6 cm³/mol. The molecule has 0 aromatic rings. The van der Waals surface area contributed by atoms with E-state index >= 15 is 0 Å². The van der Waals surface area contributed by atoms with Crippen LogP contribution in [0.15, 0.2) is 0 Å². The van der Waals surface area contributed by atoms with Crippen molar-refractivity contribution >= 4 is 13.8 Å². The molecule has 0 aromatic carbocycles. The highest BCUT2D eigenvalue weighted by atomic mass is 31.2. The summed E-state index contributed by atoms with van der Waals surface area (Å²) < 4.78 is 30.1. The average molecular weight is 287 g/mol. The van der Waals surface area contributed by atoms with Crippen LogP contribution in [0.1, 0.15) is 20.8 Å². The van der Waals surface area contributed by atoms with Crippen molar-refractivity contribution in [2.24, 2.45) is 5.73 Å². The third kappa shape index (κ3) is 12.0. The standard InChI is InChI=1S/C7H16NO7P.C2H6/c1-7(9)12-5-6-14-16(10,15-11-2)13-4-3-8;1-2/h3-6,8H2,1-2H3;1-2H3. The highest BCUT2D eigenvalue weighted by molar-refractivity contribution is 7.48. The fourth-order valence-electron chi connectivity index (χ4n) is 0.671. The van der Waals surface area contributed by atoms with Crippen molar-refractivity contribution in [3.05, 3.63) is 0 Å². The molecule has 0 spiro atoms. The Labute approximate surface area is 107 Å². The number of carbonyl (C=O) groups is 1. The summed E-state index contributed by atoms with van der Waals surface area (Å²) in [7, 11) is -2.63. The van der Waals surface area contributed by atoms with Crippen molar-refractivity contribution in [1.29, 1.82) is 0 Å². The molecule has 18 heavy (non-hydrogen) atoms. The lowest BCUT2D eigenvalue weighted by Gasteiger charge is -2.15. The fourth-order valence-corrected chi connectivity index (χ4v) is 1.64. The summed E-state index contributed by atoms with van der Waals surface area (Å²) in [5.74, 6) is -0.464. The molecule has 0 heterocycles. The van der Waals surface area contributed by atoms with E-state index in [0.717, 1.165) is 7.11 Å². The van der Waals surface area contributed by atoms with E-state index in [9.17, 15) is 9.36 Å². The number of hydrogen-bond acceptors (Lipinski definition) is 8. The molecular weight excluding hydrogens is 265 g/mol. The van der Waals surface area contributed by atoms with Gasteiger partial charge in [-0.3, -0.25) is 13.8 Å². The van der Waals surface area contributed by atoms with Crippen LogP contribution in [0.25, 0.3) is 0 Å². The first-order chi connectivity index (χ1) is 8.54. The van der Waals surface area contributed by atoms with Crippen LogP contribution in [0.5, 0.6) is 0 Å². The molecule has 0 saturated carbocycles. The number of carbonyl (C=O) groups excluding carboxylic acids is 1. The Morgan fingerprint density at radius 2 is 1.72 bits per heavy atom. The van der Waals surface area contributed by atoms with Crippen LogP contribution >= 0.6 is 7.82 Å². The van der Waals surface area contributed by atoms with Gasteiger partial charge in [0.15, 0.2) is 0 Å². The number of phosphoric acid groups is 1. The first-order valence-corrected chi connectivity index (χ1v) is 6.95. The van der Waals surface area contributed by atoms with Gasteiger partial charge < -0.3 is 10.5 Å². The molecule has 0 radical (unpaired) electrons. The molecule has 0 aliphatic carbocycles. The van der Waals surface area contributed by atoms with Gasteiger partial charge in [-0.1, -0.05) is 13.8 Å². The number of ether oxygens (including phenoxy) is 1. The quantitative estimate of drug-likeness (QED) is 0.222. The third-order valence-electron chi connectivity index (χ3n) is 1.17. The highest BCUT2D eigenvalue weighted by Gasteiger charge is 2.27. The largest absolute Gasteiger partial charge is 0.502 e. The fraction of sp³-hybridized carbons (Fsp3) is 0.889. The molecule has 0 saturated heterocycles. The SMILES string of the molecule is CC.COOP(=O)(OCCN)OCCOC(C)=O. The lowest BCUT2D eigenvalue weighted by Crippen LogP contribution is -2.12. The summed E-state index contributed by atoms with van der Waals surface area (Å²) in [6, 6.07) is 0. The molecule has 110 valence electrons. The van der Waals surface area contributed by atoms with Gasteiger partial charge in [0, 0.05) is 13.5 Å². The second-order valence-electron chi connectivity index (χ2n) is 2.48. The molecular formula is C9H22NO7P. The van der Waals surface area contributed by atoms with Gasteiger partial charge in [0.2, 0.25) is 0 Å². The Kier molecular flexibility index (Phi) is 14.3. The molecule has 9 heteroatoms. The molecule has 0 amide bonds. The van der Waals surface area contributed by atoms with E-state index in [-0.39, 0.29) is 26.4 Å². The Bertz CT molecular complexity index is 249. The lowest BCUT2D eigenvalue weighted by atomic mass is 10.7. The highest BCUT2D eigenvalue weighted by Crippen LogP contribution is 2.49. The third-order valence-corrected chi connectivity index (χ3v) is 2.50. The first-order valence-electron chi connectivity index (χ1n) is 5.49. The van der Waals surface area contributed by atoms with Crippen molar-refractivity contribution in [2.45, 2.75) is 20.8 Å². The smallest absolute Gasteiger partial charge is 0.463 e. The van der Waals surface area contributed by atoms with Crippen LogP contribution in [0.3, 0.4) is 0 Å². The molecule has 8 nitrogen and oxygen atoms in total. The minimum Gasteiger partial charge on any atom is -0.463 e. The van der Waals surface area contributed by atoms with Crippen LogP contribution in [-0.2, 0) is 32.7 Å². The number of esters is 1. The molecule has 0 aliphatic heterocycles. The van der Waals surface area contributed by atoms with Gasteiger partial charge in [-0.05, 0) is 0 Å². The average Bonchev–Trinajstić information content (AvgIpc) is 2.35. The van der Waals surface area contributed by atoms with Crippen LogP contribution in [0.4, 0.5) is 0 Å². The molecule has 0 bridgehead atoms. The molecule has 1 unspecified atom stereocenters. The van der Waals surface area contributed by atoms with Gasteiger partial charge in [0.1, 0.15) is 6.61 Å². The van der Waals surface area contributed by atoms with Crippen LogP contribution in [-0.4, -0.2) is 39.4 Å². The van der Waals surface area contributed by atoms with Crippen molar-refractivity contribution < 1.29 is 32.7 Å². The van der Waals surface area contributed by atoms with Crippen LogP contribution < -0.4 is 5.73 Å². The summed E-state index contributed by atoms with van der Waals surface area (Å²) in [5.41, 5.74) is 5.16. The normalized spacial score (nSPS) is 13.2. The number of hydrogen-bond donors (Lipinski definition) is 1. The van der Waals surface area contributed by atoms with Crippen molar-refractivity contribution in [3.8, 4) is 0 Å². The lowest BCUT2D eigenvalue weighted by molar-refractivity contribution is -0.201. The topological polar surface area (TPSA) is 106 Å². The molecule has 2 N–H and O–H groups in total. The second-order valence-corrected chi connectivity index (χ2v) is 4.04. The van der Waals surface area contributed by atoms with E-state index < -0.39 is 13.8 Å². The van der Waals surface area contributed by atoms with Gasteiger partial charge in [0.05, 0.1) is 20.3 Å². The van der Waals surface area contributed by atoms with Crippen molar-refractivity contribution in [2.75, 3.05) is 33.5 Å². The zero-order valence-corrected chi connectivity index (χ0v) is 12.1. The number of rotatable bonds is 9. The minimum absolute atomic E-state index is 0.00575. The number of phosphoric ester groups is 1. The van der Waals surface area contributed by atoms with E-state index in [1.54, 1.807) is 0 Å². The van der Waals surface area contributed by atoms with Gasteiger partial charge in [-0.2, -0.15) is 0 Å². The molecule has 0 rings (SSSR count). The Hall–Kier alpha value is -0.500. The Morgan fingerprint density at radius 1 is 1.17 bits per heavy atom. The van der Waals surface area contributed by atoms with Gasteiger partial charge in [0.25, 0.3) is 0 Å². The maximum atomic E-state index is 11.6. The predicted octanol–water partition coefficient (Wildman–Crippen LogP) is 1.25. The minimum atomic E-state index is -3.79. The summed E-state index contributed by atoms with van der Waals surface area (Å²) >= 11 is 0. The molecule has 0 fully saturated rings. The molecule has 0 aliphatic rings. The van der Waals surface area contributed by atoms with E-state index in [2.05, 4.69) is 14.3 Å². The van der Waals surface area contributed by atoms with E-state index in [1.165, 1.54) is 6.92 Å². The van der Waals surface area contributed by atoms with Gasteiger partial charge in [-0.25, -0.2) is 9.45 Å². The van der Waals surface area contributed by atoms with E-state index in [0.29, 0.717) is 0 Å². The summed E-state index contributed by atoms with van der Waals surface area (Å²) in [6.07, 6.45) is 0. The van der Waals surface area contributed by atoms with Gasteiger partial charge >= 0.3 is 13.8 Å². The van der Waals surface area contributed by atoms with Gasteiger partial charge in [-0.15, -0.1) is 4.67 Å². The maximum Gasteiger partial charge on any atom is 0.502 e. The monoisotopic (exact) mass is 287 g/mol. The number of nitrogens with two attached hydrogens (primary N) is 1. The second kappa shape index (κ2) is 12.9. The Morgan fingerprint density at radius 3 is 2.17 bits per heavy atom. The zero-order valence-electron chi connectivity index (χ0n) is 11.2. The Balaban J connectivity index is 0. The maximum absolute atomic E-state index is 11.6. The van der Waals surface area contributed by atoms with Crippen LogP contribution in [0, 0.1) is 0 Å².